The molecule has 154 valence electrons. The Labute approximate surface area is 172 Å². The summed E-state index contributed by atoms with van der Waals surface area (Å²) in [6.07, 6.45) is 12.9. The second kappa shape index (κ2) is 8.36. The van der Waals surface area contributed by atoms with Crippen LogP contribution >= 0.6 is 0 Å². The molecule has 0 bridgehead atoms. The van der Waals surface area contributed by atoms with Crippen LogP contribution in [0.3, 0.4) is 0 Å². The Balaban J connectivity index is 1.52. The van der Waals surface area contributed by atoms with Crippen molar-refractivity contribution in [2.45, 2.75) is 38.1 Å². The number of nitrogens with zero attached hydrogens (tertiary/aromatic N) is 1. The zero-order valence-electron chi connectivity index (χ0n) is 16.6. The fourth-order valence-corrected chi connectivity index (χ4v) is 5.85. The number of rotatable bonds is 5. The summed E-state index contributed by atoms with van der Waals surface area (Å²) >= 11 is 0. The van der Waals surface area contributed by atoms with Crippen molar-refractivity contribution >= 4 is 16.1 Å². The molecule has 29 heavy (non-hydrogen) atoms. The number of hydrogen-bond donors (Lipinski definition) is 1. The second-order valence-corrected chi connectivity index (χ2v) is 10.1. The maximum absolute atomic E-state index is 13.4. The number of benzene rings is 1. The van der Waals surface area contributed by atoms with E-state index in [4.69, 9.17) is 0 Å². The number of aromatic nitrogens is 1. The van der Waals surface area contributed by atoms with Crippen LogP contribution in [0.5, 0.6) is 0 Å². The van der Waals surface area contributed by atoms with Crippen molar-refractivity contribution in [1.29, 1.82) is 0 Å². The molecule has 0 saturated heterocycles. The normalized spacial score (nSPS) is 27.2. The summed E-state index contributed by atoms with van der Waals surface area (Å²) in [4.78, 5) is 4.50. The van der Waals surface area contributed by atoms with Crippen molar-refractivity contribution in [2.75, 3.05) is 6.26 Å². The van der Waals surface area contributed by atoms with E-state index in [0.717, 1.165) is 29.7 Å². The van der Waals surface area contributed by atoms with E-state index < -0.39 is 10.0 Å². The van der Waals surface area contributed by atoms with Crippen LogP contribution in [0.4, 0.5) is 4.39 Å². The minimum atomic E-state index is -3.24. The molecule has 4 nitrogen and oxygen atoms in total. The first-order valence-electron chi connectivity index (χ1n) is 10.3. The Hall–Kier alpha value is -2.05. The lowest BCUT2D eigenvalue weighted by molar-refractivity contribution is 0.249. The molecule has 2 fully saturated rings. The summed E-state index contributed by atoms with van der Waals surface area (Å²) in [5.41, 5.74) is 2.49. The summed E-state index contributed by atoms with van der Waals surface area (Å²) < 4.78 is 40.0. The third-order valence-corrected chi connectivity index (χ3v) is 7.01. The highest BCUT2D eigenvalue weighted by Crippen LogP contribution is 2.46. The molecule has 1 aromatic carbocycles. The topological polar surface area (TPSA) is 59.1 Å². The summed E-state index contributed by atoms with van der Waals surface area (Å²) in [6.45, 7) is 0. The Bertz CT molecular complexity index is 988. The van der Waals surface area contributed by atoms with Gasteiger partial charge in [-0.1, -0.05) is 43.5 Å². The summed E-state index contributed by atoms with van der Waals surface area (Å²) in [5.74, 6) is 1.06. The lowest BCUT2D eigenvalue weighted by atomic mass is 9.78. The molecule has 4 rings (SSSR count). The Morgan fingerprint density at radius 3 is 2.69 bits per heavy atom. The highest BCUT2D eigenvalue weighted by molar-refractivity contribution is 7.88. The van der Waals surface area contributed by atoms with Gasteiger partial charge in [0.15, 0.2) is 0 Å². The van der Waals surface area contributed by atoms with E-state index in [1.165, 1.54) is 37.7 Å². The fraction of sp³-hybridized carbons (Fsp3) is 0.435. The van der Waals surface area contributed by atoms with Gasteiger partial charge in [-0.3, -0.25) is 4.98 Å². The van der Waals surface area contributed by atoms with Gasteiger partial charge in [-0.05, 0) is 60.4 Å². The first kappa shape index (κ1) is 20.2. The SMILES string of the molecule is CS(=O)(=O)N[C@H]1C[C@H]2CCCC[C@H]2[C@@H]1C=Cc1ccc(-c2cccc(F)c2)cn1. The smallest absolute Gasteiger partial charge is 0.208 e. The van der Waals surface area contributed by atoms with Crippen LogP contribution in [0.15, 0.2) is 48.7 Å². The zero-order chi connectivity index (χ0) is 20.4. The van der Waals surface area contributed by atoms with Gasteiger partial charge in [-0.25, -0.2) is 17.5 Å². The van der Waals surface area contributed by atoms with Crippen LogP contribution in [0, 0.1) is 23.6 Å². The van der Waals surface area contributed by atoms with Gasteiger partial charge in [0, 0.05) is 17.8 Å². The average Bonchev–Trinajstić information content (AvgIpc) is 3.02. The van der Waals surface area contributed by atoms with E-state index in [2.05, 4.69) is 15.8 Å². The Morgan fingerprint density at radius 2 is 1.97 bits per heavy atom. The molecule has 2 saturated carbocycles. The largest absolute Gasteiger partial charge is 0.256 e. The van der Waals surface area contributed by atoms with Crippen molar-refractivity contribution in [3.63, 3.8) is 0 Å². The first-order chi connectivity index (χ1) is 13.9. The van der Waals surface area contributed by atoms with Crippen LogP contribution in [-0.4, -0.2) is 25.7 Å². The maximum atomic E-state index is 13.4. The lowest BCUT2D eigenvalue weighted by Crippen LogP contribution is -2.37. The quantitative estimate of drug-likeness (QED) is 0.775. The van der Waals surface area contributed by atoms with Crippen LogP contribution in [-0.2, 0) is 10.0 Å². The number of pyridine rings is 1. The van der Waals surface area contributed by atoms with E-state index in [1.807, 2.05) is 24.3 Å². The predicted octanol–water partition coefficient (Wildman–Crippen LogP) is 4.65. The van der Waals surface area contributed by atoms with Crippen molar-refractivity contribution in [1.82, 2.24) is 9.71 Å². The van der Waals surface area contributed by atoms with Gasteiger partial charge in [0.2, 0.25) is 10.0 Å². The molecule has 1 heterocycles. The van der Waals surface area contributed by atoms with Crippen molar-refractivity contribution in [3.8, 4) is 11.1 Å². The summed E-state index contributed by atoms with van der Waals surface area (Å²) in [7, 11) is -3.24. The van der Waals surface area contributed by atoms with Gasteiger partial charge in [0.1, 0.15) is 5.82 Å². The third kappa shape index (κ3) is 4.93. The molecule has 0 aliphatic heterocycles. The summed E-state index contributed by atoms with van der Waals surface area (Å²) in [6, 6.07) is 10.3. The monoisotopic (exact) mass is 414 g/mol. The van der Waals surface area contributed by atoms with Crippen molar-refractivity contribution in [3.05, 3.63) is 60.2 Å². The minimum absolute atomic E-state index is 0.0408. The van der Waals surface area contributed by atoms with E-state index >= 15 is 0 Å². The molecular weight excluding hydrogens is 387 g/mol. The highest BCUT2D eigenvalue weighted by Gasteiger charge is 2.43. The number of nitrogens with one attached hydrogen (secondary N) is 1. The molecule has 0 unspecified atom stereocenters. The Kier molecular flexibility index (Phi) is 5.83. The fourth-order valence-electron chi connectivity index (χ4n) is 5.05. The molecule has 6 heteroatoms. The second-order valence-electron chi connectivity index (χ2n) is 8.36. The number of fused-ring (bicyclic) bond motifs is 1. The number of sulfonamides is 1. The van der Waals surface area contributed by atoms with E-state index in [-0.39, 0.29) is 17.8 Å². The Morgan fingerprint density at radius 1 is 1.14 bits per heavy atom. The molecule has 2 aliphatic rings. The molecule has 4 atom stereocenters. The van der Waals surface area contributed by atoms with Crippen molar-refractivity contribution in [2.24, 2.45) is 17.8 Å². The van der Waals surface area contributed by atoms with E-state index in [0.29, 0.717) is 11.8 Å². The standard InChI is InChI=1S/C23H27FN2O2S/c1-29(27,28)26-23-14-17-5-2-3-8-21(17)22(23)12-11-20-10-9-18(15-25-20)16-6-4-7-19(24)13-16/h4,6-7,9-13,15,17,21-23,26H,2-3,5,8,14H2,1H3/t17-,21-,22+,23+/m1/s1. The lowest BCUT2D eigenvalue weighted by Gasteiger charge is -2.28. The average molecular weight is 415 g/mol. The predicted molar refractivity (Wildman–Crippen MR) is 114 cm³/mol. The van der Waals surface area contributed by atoms with Crippen LogP contribution in [0.1, 0.15) is 37.8 Å². The van der Waals surface area contributed by atoms with Crippen LogP contribution in [0.25, 0.3) is 17.2 Å². The van der Waals surface area contributed by atoms with E-state index in [9.17, 15) is 12.8 Å². The zero-order valence-corrected chi connectivity index (χ0v) is 17.4. The number of hydrogen-bond acceptors (Lipinski definition) is 3. The molecule has 2 aromatic rings. The van der Waals surface area contributed by atoms with Crippen LogP contribution < -0.4 is 4.72 Å². The molecular formula is C23H27FN2O2S. The van der Waals surface area contributed by atoms with Crippen molar-refractivity contribution < 1.29 is 12.8 Å². The third-order valence-electron chi connectivity index (χ3n) is 6.28. The van der Waals surface area contributed by atoms with Gasteiger partial charge < -0.3 is 0 Å². The molecule has 1 aromatic heterocycles. The first-order valence-corrected chi connectivity index (χ1v) is 12.2. The summed E-state index contributed by atoms with van der Waals surface area (Å²) in [5, 5.41) is 0. The minimum Gasteiger partial charge on any atom is -0.256 e. The molecule has 2 aliphatic carbocycles. The van der Waals surface area contributed by atoms with Gasteiger partial charge >= 0.3 is 0 Å². The van der Waals surface area contributed by atoms with Gasteiger partial charge in [0.25, 0.3) is 0 Å². The molecule has 0 amide bonds. The van der Waals surface area contributed by atoms with Gasteiger partial charge in [0.05, 0.1) is 11.9 Å². The van der Waals surface area contributed by atoms with Gasteiger partial charge in [-0.2, -0.15) is 0 Å². The number of halogens is 1. The maximum Gasteiger partial charge on any atom is 0.208 e. The molecule has 1 N–H and O–H groups in total. The highest BCUT2D eigenvalue weighted by atomic mass is 32.2. The van der Waals surface area contributed by atoms with Crippen LogP contribution in [0.2, 0.25) is 0 Å². The van der Waals surface area contributed by atoms with E-state index in [1.54, 1.807) is 12.3 Å². The van der Waals surface area contributed by atoms with Gasteiger partial charge in [-0.15, -0.1) is 0 Å². The molecule has 0 spiro atoms. The molecule has 0 radical (unpaired) electrons.